The maximum absolute atomic E-state index is 13.6. The predicted molar refractivity (Wildman–Crippen MR) is 142 cm³/mol. The number of tetrazole rings is 1. The van der Waals surface area contributed by atoms with Crippen LogP contribution in [0.1, 0.15) is 67.9 Å². The van der Waals surface area contributed by atoms with Gasteiger partial charge in [0.25, 0.3) is 5.56 Å². The first-order chi connectivity index (χ1) is 17.4. The minimum Gasteiger partial charge on any atom is -0.377 e. The van der Waals surface area contributed by atoms with Crippen molar-refractivity contribution in [3.8, 4) is 0 Å². The summed E-state index contributed by atoms with van der Waals surface area (Å²) in [7, 11) is 0. The first kappa shape index (κ1) is 24.8. The van der Waals surface area contributed by atoms with Crippen molar-refractivity contribution in [1.29, 1.82) is 0 Å². The van der Waals surface area contributed by atoms with Gasteiger partial charge in [-0.15, -0.1) is 16.4 Å². The Morgan fingerprint density at radius 1 is 1.31 bits per heavy atom. The van der Waals surface area contributed by atoms with Crippen molar-refractivity contribution in [2.24, 2.45) is 0 Å². The van der Waals surface area contributed by atoms with E-state index >= 15 is 0 Å². The molecule has 0 saturated carbocycles. The SMILES string of the molecule is CCC(C)(C)n1nnnc1[C@H](c1cc2cc(C)ccc2[nH]c1=O)N(Cc1cccs1)C[C@H]1CCCO1. The number of hydrogen-bond acceptors (Lipinski definition) is 7. The Hall–Kier alpha value is -2.88. The van der Waals surface area contributed by atoms with Gasteiger partial charge < -0.3 is 9.72 Å². The van der Waals surface area contributed by atoms with E-state index < -0.39 is 6.04 Å². The van der Waals surface area contributed by atoms with Gasteiger partial charge in [0.2, 0.25) is 0 Å². The fraction of sp³-hybridized carbons (Fsp3) is 0.481. The third-order valence-corrected chi connectivity index (χ3v) is 8.13. The molecule has 0 radical (unpaired) electrons. The van der Waals surface area contributed by atoms with Gasteiger partial charge >= 0.3 is 0 Å². The Kier molecular flexibility index (Phi) is 7.05. The van der Waals surface area contributed by atoms with E-state index in [4.69, 9.17) is 4.74 Å². The fourth-order valence-electron chi connectivity index (χ4n) is 4.90. The third-order valence-electron chi connectivity index (χ3n) is 7.27. The topological polar surface area (TPSA) is 88.9 Å². The van der Waals surface area contributed by atoms with Gasteiger partial charge in [-0.25, -0.2) is 4.68 Å². The van der Waals surface area contributed by atoms with E-state index in [-0.39, 0.29) is 17.2 Å². The minimum absolute atomic E-state index is 0.109. The van der Waals surface area contributed by atoms with Gasteiger partial charge in [-0.2, -0.15) is 0 Å². The zero-order valence-electron chi connectivity index (χ0n) is 21.4. The molecule has 1 fully saturated rings. The van der Waals surface area contributed by atoms with Gasteiger partial charge in [-0.3, -0.25) is 9.69 Å². The molecule has 0 aliphatic carbocycles. The number of aromatic amines is 1. The van der Waals surface area contributed by atoms with Crippen LogP contribution in [0.4, 0.5) is 0 Å². The number of rotatable bonds is 9. The lowest BCUT2D eigenvalue weighted by molar-refractivity contribution is 0.0566. The highest BCUT2D eigenvalue weighted by Crippen LogP contribution is 2.33. The molecule has 0 unspecified atom stereocenters. The average molecular weight is 507 g/mol. The van der Waals surface area contributed by atoms with Gasteiger partial charge in [0.15, 0.2) is 5.82 Å². The van der Waals surface area contributed by atoms with E-state index in [1.165, 1.54) is 4.88 Å². The van der Waals surface area contributed by atoms with Crippen molar-refractivity contribution in [3.05, 3.63) is 74.0 Å². The molecule has 36 heavy (non-hydrogen) atoms. The van der Waals surface area contributed by atoms with Gasteiger partial charge in [0.1, 0.15) is 6.04 Å². The number of aromatic nitrogens is 5. The van der Waals surface area contributed by atoms with E-state index in [0.717, 1.165) is 42.3 Å². The summed E-state index contributed by atoms with van der Waals surface area (Å²) in [6.45, 7) is 10.6. The molecule has 1 aliphatic heterocycles. The van der Waals surface area contributed by atoms with E-state index in [1.54, 1.807) is 11.3 Å². The maximum Gasteiger partial charge on any atom is 0.253 e. The number of ether oxygens (including phenoxy) is 1. The van der Waals surface area contributed by atoms with Gasteiger partial charge in [0.05, 0.1) is 11.6 Å². The van der Waals surface area contributed by atoms with Crippen LogP contribution in [-0.4, -0.2) is 49.3 Å². The summed E-state index contributed by atoms with van der Waals surface area (Å²) in [6.07, 6.45) is 3.02. The molecule has 190 valence electrons. The second-order valence-corrected chi connectivity index (χ2v) is 11.3. The van der Waals surface area contributed by atoms with Crippen LogP contribution in [0.15, 0.2) is 46.6 Å². The van der Waals surface area contributed by atoms with Crippen LogP contribution in [0.3, 0.4) is 0 Å². The Balaban J connectivity index is 1.70. The van der Waals surface area contributed by atoms with Crippen LogP contribution in [0.2, 0.25) is 0 Å². The van der Waals surface area contributed by atoms with E-state index in [1.807, 2.05) is 22.9 Å². The molecule has 0 amide bonds. The Bertz CT molecular complexity index is 1370. The lowest BCUT2D eigenvalue weighted by atomic mass is 9.98. The zero-order valence-corrected chi connectivity index (χ0v) is 22.2. The average Bonchev–Trinajstić information content (AvgIpc) is 3.63. The molecule has 0 bridgehead atoms. The predicted octanol–water partition coefficient (Wildman–Crippen LogP) is 4.80. The summed E-state index contributed by atoms with van der Waals surface area (Å²) in [5, 5.41) is 16.1. The molecule has 5 rings (SSSR count). The largest absolute Gasteiger partial charge is 0.377 e. The molecule has 1 aliphatic rings. The molecule has 1 saturated heterocycles. The van der Waals surface area contributed by atoms with Crippen LogP contribution in [-0.2, 0) is 16.8 Å². The van der Waals surface area contributed by atoms with Crippen molar-refractivity contribution in [3.63, 3.8) is 0 Å². The summed E-state index contributed by atoms with van der Waals surface area (Å²) in [4.78, 5) is 20.3. The molecule has 3 aromatic heterocycles. The number of fused-ring (bicyclic) bond motifs is 1. The molecule has 8 nitrogen and oxygen atoms in total. The molecule has 0 spiro atoms. The van der Waals surface area contributed by atoms with Gasteiger partial charge in [0, 0.05) is 35.7 Å². The zero-order chi connectivity index (χ0) is 25.3. The number of pyridine rings is 1. The lowest BCUT2D eigenvalue weighted by Gasteiger charge is -2.34. The summed E-state index contributed by atoms with van der Waals surface area (Å²) in [5.41, 5.74) is 2.18. The minimum atomic E-state index is -0.439. The van der Waals surface area contributed by atoms with E-state index in [0.29, 0.717) is 24.5 Å². The number of thiophene rings is 1. The van der Waals surface area contributed by atoms with E-state index in [9.17, 15) is 4.79 Å². The lowest BCUT2D eigenvalue weighted by Crippen LogP contribution is -2.41. The van der Waals surface area contributed by atoms with Crippen LogP contribution in [0.5, 0.6) is 0 Å². The van der Waals surface area contributed by atoms with Crippen LogP contribution >= 0.6 is 11.3 Å². The first-order valence-corrected chi connectivity index (χ1v) is 13.5. The molecule has 9 heteroatoms. The highest BCUT2D eigenvalue weighted by atomic mass is 32.1. The molecule has 1 N–H and O–H groups in total. The molecule has 2 atom stereocenters. The molecular formula is C27H34N6O2S. The smallest absolute Gasteiger partial charge is 0.253 e. The molecule has 1 aromatic carbocycles. The Labute approximate surface area is 215 Å². The van der Waals surface area contributed by atoms with Gasteiger partial charge in [-0.1, -0.05) is 24.6 Å². The van der Waals surface area contributed by atoms with Crippen molar-refractivity contribution >= 4 is 22.2 Å². The van der Waals surface area contributed by atoms with Gasteiger partial charge in [-0.05, 0) is 85.5 Å². The third kappa shape index (κ3) is 5.00. The summed E-state index contributed by atoms with van der Waals surface area (Å²) >= 11 is 1.72. The van der Waals surface area contributed by atoms with Crippen molar-refractivity contribution in [1.82, 2.24) is 30.1 Å². The Morgan fingerprint density at radius 3 is 2.89 bits per heavy atom. The second kappa shape index (κ2) is 10.2. The number of aryl methyl sites for hydroxylation is 1. The standard InChI is InChI=1S/C27H34N6O2S/c1-5-27(3,4)33-25(29-30-31-33)24(22-15-19-14-18(2)10-11-23(19)28-26(22)34)32(16-20-8-6-12-35-20)17-21-9-7-13-36-21/h7,9-11,13-15,20,24H,5-6,8,12,16-17H2,1-4H3,(H,28,34)/t20-,24+/m1/s1. The fourth-order valence-corrected chi connectivity index (χ4v) is 5.63. The van der Waals surface area contributed by atoms with Crippen molar-refractivity contribution in [2.75, 3.05) is 13.2 Å². The highest BCUT2D eigenvalue weighted by Gasteiger charge is 2.36. The van der Waals surface area contributed by atoms with Crippen molar-refractivity contribution in [2.45, 2.75) is 71.2 Å². The van der Waals surface area contributed by atoms with E-state index in [2.05, 4.69) is 76.7 Å². The number of nitrogens with one attached hydrogen (secondary N) is 1. The van der Waals surface area contributed by atoms with Crippen LogP contribution < -0.4 is 5.56 Å². The molecule has 4 heterocycles. The number of hydrogen-bond donors (Lipinski definition) is 1. The summed E-state index contributed by atoms with van der Waals surface area (Å²) in [5.74, 6) is 0.675. The monoisotopic (exact) mass is 506 g/mol. The number of benzene rings is 1. The highest BCUT2D eigenvalue weighted by molar-refractivity contribution is 7.09. The molecular weight excluding hydrogens is 472 g/mol. The Morgan fingerprint density at radius 2 is 2.17 bits per heavy atom. The normalized spacial score (nSPS) is 17.3. The van der Waals surface area contributed by atoms with Crippen molar-refractivity contribution < 1.29 is 4.74 Å². The van der Waals surface area contributed by atoms with Crippen LogP contribution in [0, 0.1) is 6.92 Å². The summed E-state index contributed by atoms with van der Waals surface area (Å²) < 4.78 is 7.96. The maximum atomic E-state index is 13.6. The second-order valence-electron chi connectivity index (χ2n) is 10.3. The number of nitrogens with zero attached hydrogens (tertiary/aromatic N) is 5. The quantitative estimate of drug-likeness (QED) is 0.351. The number of H-pyrrole nitrogens is 1. The first-order valence-electron chi connectivity index (χ1n) is 12.7. The van der Waals surface area contributed by atoms with Crippen LogP contribution in [0.25, 0.3) is 10.9 Å². The summed E-state index contributed by atoms with van der Waals surface area (Å²) in [6, 6.07) is 11.9. The molecule has 4 aromatic rings.